The quantitative estimate of drug-likeness (QED) is 0.681. The summed E-state index contributed by atoms with van der Waals surface area (Å²) in [6.45, 7) is -0.160. The van der Waals surface area contributed by atoms with Gasteiger partial charge in [0.05, 0.1) is 0 Å². The monoisotopic (exact) mass is 321 g/mol. The number of aliphatic hydroxyl groups excluding tert-OH is 1. The Hall–Kier alpha value is -0.0918. The van der Waals surface area contributed by atoms with Crippen LogP contribution in [0.2, 0.25) is 0 Å². The normalized spacial score (nSPS) is 11.6. The van der Waals surface area contributed by atoms with Gasteiger partial charge in [0.2, 0.25) is 0 Å². The molecule has 0 atom stereocenters. The average molecular weight is 322 g/mol. The second kappa shape index (κ2) is 5.12. The topological polar surface area (TPSA) is 66.4 Å². The van der Waals surface area contributed by atoms with Gasteiger partial charge in [-0.05, 0) is 0 Å². The Bertz CT molecular complexity index is 388. The molecule has 0 bridgehead atoms. The average Bonchev–Trinajstić information content (AvgIpc) is 2.16. The Labute approximate surface area is 96.9 Å². The van der Waals surface area contributed by atoms with Crippen LogP contribution in [0.1, 0.15) is 0 Å². The van der Waals surface area contributed by atoms with E-state index in [1.807, 2.05) is 0 Å². The Morgan fingerprint density at radius 3 is 2.36 bits per heavy atom. The third kappa shape index (κ3) is 3.24. The van der Waals surface area contributed by atoms with Crippen LogP contribution in [0.25, 0.3) is 0 Å². The molecule has 14 heavy (non-hydrogen) atoms. The van der Waals surface area contributed by atoms with Gasteiger partial charge < -0.3 is 0 Å². The fraction of sp³-hybridized carbons (Fsp3) is 0.250. The van der Waals surface area contributed by atoms with Crippen LogP contribution >= 0.6 is 0 Å². The summed E-state index contributed by atoms with van der Waals surface area (Å²) < 4.78 is 26.3. The van der Waals surface area contributed by atoms with Crippen LogP contribution in [0.15, 0.2) is 29.2 Å². The zero-order chi connectivity index (χ0) is 10.6. The maximum absolute atomic E-state index is 11.5. The molecular formula is C8H10NO3SSb. The van der Waals surface area contributed by atoms with E-state index >= 15 is 0 Å². The molecule has 0 saturated carbocycles. The van der Waals surface area contributed by atoms with Crippen molar-refractivity contribution in [3.63, 3.8) is 0 Å². The van der Waals surface area contributed by atoms with Crippen molar-refractivity contribution >= 4 is 36.6 Å². The van der Waals surface area contributed by atoms with Crippen molar-refractivity contribution in [2.75, 3.05) is 13.2 Å². The van der Waals surface area contributed by atoms with Gasteiger partial charge in [-0.25, -0.2) is 0 Å². The summed E-state index contributed by atoms with van der Waals surface area (Å²) in [5.74, 6) is 0. The molecule has 0 aliphatic carbocycles. The first-order valence-corrected chi connectivity index (χ1v) is 6.72. The minimum absolute atomic E-state index is 0.0410. The molecule has 2 N–H and O–H groups in total. The van der Waals surface area contributed by atoms with Crippen LogP contribution in [0, 0.1) is 0 Å². The van der Waals surface area contributed by atoms with Crippen molar-refractivity contribution < 1.29 is 13.5 Å². The number of hydrogen-bond acceptors (Lipinski definition) is 3. The van der Waals surface area contributed by atoms with Crippen LogP contribution in [0.3, 0.4) is 0 Å². The molecule has 0 fully saturated rings. The maximum atomic E-state index is 11.5. The van der Waals surface area contributed by atoms with Gasteiger partial charge in [-0.3, -0.25) is 0 Å². The first kappa shape index (κ1) is 12.0. The molecule has 4 nitrogen and oxygen atoms in total. The fourth-order valence-corrected chi connectivity index (χ4v) is 2.34. The predicted molar refractivity (Wildman–Crippen MR) is 54.1 cm³/mol. The van der Waals surface area contributed by atoms with Crippen LogP contribution in [0.4, 0.5) is 0 Å². The molecule has 76 valence electrons. The van der Waals surface area contributed by atoms with Crippen molar-refractivity contribution in [3.05, 3.63) is 24.3 Å². The summed E-state index contributed by atoms with van der Waals surface area (Å²) in [6.07, 6.45) is 0. The van der Waals surface area contributed by atoms with Crippen molar-refractivity contribution in [2.24, 2.45) is 0 Å². The van der Waals surface area contributed by atoms with E-state index in [0.29, 0.717) is 0 Å². The van der Waals surface area contributed by atoms with E-state index in [-0.39, 0.29) is 18.0 Å². The third-order valence-corrected chi connectivity index (χ3v) is 3.88. The van der Waals surface area contributed by atoms with E-state index in [4.69, 9.17) is 5.11 Å². The molecule has 0 heterocycles. The van der Waals surface area contributed by atoms with Crippen molar-refractivity contribution in [1.82, 2.24) is 4.72 Å². The molecule has 1 aromatic rings. The number of nitrogens with one attached hydrogen (secondary N) is 1. The van der Waals surface area contributed by atoms with Gasteiger partial charge in [-0.2, -0.15) is 0 Å². The number of benzene rings is 1. The second-order valence-electron chi connectivity index (χ2n) is 2.62. The Balaban J connectivity index is 2.87. The molecule has 0 saturated heterocycles. The van der Waals surface area contributed by atoms with E-state index < -0.39 is 10.0 Å². The van der Waals surface area contributed by atoms with E-state index in [2.05, 4.69) is 4.72 Å². The zero-order valence-corrected chi connectivity index (χ0v) is 10.7. The molecule has 0 unspecified atom stereocenters. The summed E-state index contributed by atoms with van der Waals surface area (Å²) in [5, 5.41) is 8.50. The molecule has 1 aromatic carbocycles. The molecule has 1 rings (SSSR count). The van der Waals surface area contributed by atoms with Crippen molar-refractivity contribution in [2.45, 2.75) is 4.90 Å². The minimum atomic E-state index is -3.44. The number of aliphatic hydroxyl groups is 1. The summed E-state index contributed by atoms with van der Waals surface area (Å²) in [6, 6.07) is 6.60. The van der Waals surface area contributed by atoms with Gasteiger partial charge in [0.1, 0.15) is 0 Å². The zero-order valence-electron chi connectivity index (χ0n) is 7.34. The van der Waals surface area contributed by atoms with Crippen molar-refractivity contribution in [1.29, 1.82) is 0 Å². The second-order valence-corrected chi connectivity index (χ2v) is 5.86. The van der Waals surface area contributed by atoms with Gasteiger partial charge in [0.25, 0.3) is 0 Å². The SMILES string of the molecule is O=S(=O)(NCCO)c1cc[c]([Sb])cc1. The standard InChI is InChI=1S/C8H10NO3S.Sb/c10-7-6-9-13(11,12)8-4-2-1-3-5-8;/h2-5,9-10H,6-7H2;. The third-order valence-electron chi connectivity index (χ3n) is 1.55. The molecule has 6 heteroatoms. The van der Waals surface area contributed by atoms with Gasteiger partial charge >= 0.3 is 97.1 Å². The van der Waals surface area contributed by atoms with E-state index in [9.17, 15) is 8.42 Å². The number of rotatable bonds is 4. The van der Waals surface area contributed by atoms with Gasteiger partial charge in [-0.1, -0.05) is 0 Å². The van der Waals surface area contributed by atoms with Crippen LogP contribution < -0.4 is 8.23 Å². The van der Waals surface area contributed by atoms with E-state index in [1.54, 1.807) is 24.3 Å². The van der Waals surface area contributed by atoms with Crippen molar-refractivity contribution in [3.8, 4) is 0 Å². The molecule has 0 amide bonds. The summed E-state index contributed by atoms with van der Waals surface area (Å²) >= 11 is 1.53. The van der Waals surface area contributed by atoms with E-state index in [0.717, 1.165) is 3.51 Å². The molecule has 0 aliphatic heterocycles. The Morgan fingerprint density at radius 2 is 1.86 bits per heavy atom. The first-order chi connectivity index (χ1) is 6.56. The molecule has 0 aromatic heterocycles. The summed E-state index contributed by atoms with van der Waals surface area (Å²) in [4.78, 5) is 0.227. The van der Waals surface area contributed by atoms with Gasteiger partial charge in [-0.15, -0.1) is 0 Å². The van der Waals surface area contributed by atoms with Gasteiger partial charge in [0.15, 0.2) is 0 Å². The number of sulfonamides is 1. The Morgan fingerprint density at radius 1 is 1.29 bits per heavy atom. The first-order valence-electron chi connectivity index (χ1n) is 3.96. The number of hydrogen-bond donors (Lipinski definition) is 2. The van der Waals surface area contributed by atoms with Crippen LogP contribution in [0.5, 0.6) is 0 Å². The van der Waals surface area contributed by atoms with Crippen LogP contribution in [-0.4, -0.2) is 49.7 Å². The molecule has 0 spiro atoms. The fourth-order valence-electron chi connectivity index (χ4n) is 0.889. The predicted octanol–water partition coefficient (Wildman–Crippen LogP) is -1.25. The van der Waals surface area contributed by atoms with Crippen LogP contribution in [-0.2, 0) is 10.0 Å². The molecular weight excluding hydrogens is 312 g/mol. The summed E-state index contributed by atoms with van der Waals surface area (Å²) in [5.41, 5.74) is 0. The van der Waals surface area contributed by atoms with E-state index in [1.165, 1.54) is 23.0 Å². The summed E-state index contributed by atoms with van der Waals surface area (Å²) in [7, 11) is -3.44. The van der Waals surface area contributed by atoms with Gasteiger partial charge in [0, 0.05) is 0 Å². The Kier molecular flexibility index (Phi) is 4.38. The molecule has 0 aliphatic rings. The molecule has 2 radical (unpaired) electrons.